The summed E-state index contributed by atoms with van der Waals surface area (Å²) in [5.41, 5.74) is 4.90. The van der Waals surface area contributed by atoms with Crippen LogP contribution in [0, 0.1) is 15.5 Å². The van der Waals surface area contributed by atoms with Crippen LogP contribution in [0.2, 0.25) is 0 Å². The van der Waals surface area contributed by atoms with E-state index in [1.807, 2.05) is 20.8 Å². The second kappa shape index (κ2) is 10.2. The van der Waals surface area contributed by atoms with Gasteiger partial charge >= 0.3 is 17.9 Å². The maximum atomic E-state index is 12.3. The van der Waals surface area contributed by atoms with Crippen LogP contribution in [0.25, 0.3) is 0 Å². The number of ether oxygens (including phenoxy) is 1. The first-order valence-corrected chi connectivity index (χ1v) is 9.49. The number of hydrogen-bond acceptors (Lipinski definition) is 10. The number of pyridine rings is 1. The summed E-state index contributed by atoms with van der Waals surface area (Å²) in [6.45, 7) is 6.90. The van der Waals surface area contributed by atoms with Crippen LogP contribution in [-0.4, -0.2) is 66.1 Å². The topological polar surface area (TPSA) is 160 Å². The van der Waals surface area contributed by atoms with Gasteiger partial charge in [-0.3, -0.25) is 19.9 Å². The molecule has 1 fully saturated rings. The summed E-state index contributed by atoms with van der Waals surface area (Å²) in [5.74, 6) is 0. The van der Waals surface area contributed by atoms with Crippen LogP contribution in [0.3, 0.4) is 0 Å². The molecule has 0 bridgehead atoms. The smallest absolute Gasteiger partial charge is 0.374 e. The van der Waals surface area contributed by atoms with Crippen LogP contribution in [-0.2, 0) is 19.3 Å². The predicted molar refractivity (Wildman–Crippen MR) is 107 cm³/mol. The lowest BCUT2D eigenvalue weighted by Crippen LogP contribution is -2.57. The first-order chi connectivity index (χ1) is 14.5. The molecule has 0 radical (unpaired) electrons. The van der Waals surface area contributed by atoms with Crippen molar-refractivity contribution in [2.45, 2.75) is 39.3 Å². The highest BCUT2D eigenvalue weighted by molar-refractivity contribution is 5.69. The number of piperidine rings is 1. The van der Waals surface area contributed by atoms with Gasteiger partial charge in [0.2, 0.25) is 0 Å². The van der Waals surface area contributed by atoms with Crippen molar-refractivity contribution < 1.29 is 33.9 Å². The number of carbonyl (C=O) groups excluding carboxylic acids is 2. The summed E-state index contributed by atoms with van der Waals surface area (Å²) >= 11 is 0. The van der Waals surface area contributed by atoms with Crippen molar-refractivity contribution >= 4 is 23.6 Å². The average molecular weight is 441 g/mol. The van der Waals surface area contributed by atoms with E-state index in [2.05, 4.69) is 14.8 Å². The average Bonchev–Trinajstić information content (AvgIpc) is 2.71. The van der Waals surface area contributed by atoms with E-state index in [-0.39, 0.29) is 17.6 Å². The highest BCUT2D eigenvalue weighted by Crippen LogP contribution is 2.32. The van der Waals surface area contributed by atoms with E-state index in [1.54, 1.807) is 11.0 Å². The molecule has 2 N–H and O–H groups in total. The van der Waals surface area contributed by atoms with Crippen molar-refractivity contribution in [3.63, 3.8) is 0 Å². The van der Waals surface area contributed by atoms with Crippen LogP contribution < -0.4 is 10.6 Å². The normalized spacial score (nSPS) is 18.9. The first-order valence-electron chi connectivity index (χ1n) is 9.49. The van der Waals surface area contributed by atoms with E-state index in [4.69, 9.17) is 15.3 Å². The number of hydrogen-bond donors (Lipinski definition) is 1. The molecule has 0 aliphatic carbocycles. The molecule has 1 aromatic rings. The van der Waals surface area contributed by atoms with E-state index in [0.29, 0.717) is 25.3 Å². The fraction of sp³-hybridized carbons (Fsp3) is 0.611. The lowest BCUT2D eigenvalue weighted by molar-refractivity contribution is -0.384. The third-order valence-corrected chi connectivity index (χ3v) is 4.44. The van der Waals surface area contributed by atoms with Gasteiger partial charge in [0.1, 0.15) is 11.9 Å². The number of primary amides is 1. The SMILES string of the molecule is CON(C(=O)OOC(N)=O)C1CCN(c2ccncc2[N+](=O)[O-])CC1OCC(C)(C)C. The van der Waals surface area contributed by atoms with E-state index >= 15 is 0 Å². The Bertz CT molecular complexity index is 799. The lowest BCUT2D eigenvalue weighted by Gasteiger charge is -2.42. The zero-order valence-corrected chi connectivity index (χ0v) is 17.8. The summed E-state index contributed by atoms with van der Waals surface area (Å²) in [6, 6.07) is 0.941. The minimum atomic E-state index is -1.29. The molecule has 13 heteroatoms. The number of nitrogens with two attached hydrogens (primary N) is 1. The summed E-state index contributed by atoms with van der Waals surface area (Å²) in [7, 11) is 1.26. The molecule has 2 heterocycles. The molecule has 1 aromatic heterocycles. The predicted octanol–water partition coefficient (Wildman–Crippen LogP) is 2.01. The molecule has 0 saturated carbocycles. The van der Waals surface area contributed by atoms with Gasteiger partial charge in [0, 0.05) is 19.3 Å². The highest BCUT2D eigenvalue weighted by Gasteiger charge is 2.40. The Morgan fingerprint density at radius 2 is 2.10 bits per heavy atom. The Morgan fingerprint density at radius 1 is 1.39 bits per heavy atom. The summed E-state index contributed by atoms with van der Waals surface area (Å²) in [4.78, 5) is 53.2. The minimum absolute atomic E-state index is 0.131. The Balaban J connectivity index is 2.26. The zero-order chi connectivity index (χ0) is 23.2. The Labute approximate surface area is 179 Å². The summed E-state index contributed by atoms with van der Waals surface area (Å²) < 4.78 is 6.08. The van der Waals surface area contributed by atoms with Crippen LogP contribution in [0.5, 0.6) is 0 Å². The molecular weight excluding hydrogens is 414 g/mol. The summed E-state index contributed by atoms with van der Waals surface area (Å²) in [5, 5.41) is 12.3. The number of carbonyl (C=O) groups is 2. The maximum absolute atomic E-state index is 12.3. The van der Waals surface area contributed by atoms with Crippen LogP contribution in [0.4, 0.5) is 21.0 Å². The molecule has 2 rings (SSSR count). The van der Waals surface area contributed by atoms with Crippen LogP contribution in [0.15, 0.2) is 18.5 Å². The van der Waals surface area contributed by atoms with Gasteiger partial charge in [0.15, 0.2) is 0 Å². The van der Waals surface area contributed by atoms with Crippen molar-refractivity contribution in [3.8, 4) is 0 Å². The molecule has 13 nitrogen and oxygen atoms in total. The molecule has 2 amide bonds. The van der Waals surface area contributed by atoms with Gasteiger partial charge in [0.05, 0.1) is 30.8 Å². The van der Waals surface area contributed by atoms with Crippen LogP contribution in [0.1, 0.15) is 27.2 Å². The van der Waals surface area contributed by atoms with Gasteiger partial charge < -0.3 is 15.4 Å². The fourth-order valence-corrected chi connectivity index (χ4v) is 3.16. The van der Waals surface area contributed by atoms with Crippen molar-refractivity contribution in [2.24, 2.45) is 11.1 Å². The van der Waals surface area contributed by atoms with Gasteiger partial charge in [-0.1, -0.05) is 20.8 Å². The van der Waals surface area contributed by atoms with E-state index in [1.165, 1.54) is 19.5 Å². The molecule has 0 spiro atoms. The standard InChI is InChI=1S/C18H27N5O8/c1-18(2,3)11-29-15-10-21(12-5-7-20-9-14(12)23(26)27)8-6-13(15)22(28-4)17(25)31-30-16(19)24/h5,7,9,13,15H,6,8,10-11H2,1-4H3,(H2,19,24). The molecule has 0 aromatic carbocycles. The number of amides is 2. The molecule has 2 atom stereocenters. The Morgan fingerprint density at radius 3 is 2.68 bits per heavy atom. The van der Waals surface area contributed by atoms with Crippen molar-refractivity contribution in [1.82, 2.24) is 10.0 Å². The number of nitro groups is 1. The van der Waals surface area contributed by atoms with Crippen molar-refractivity contribution in [3.05, 3.63) is 28.6 Å². The maximum Gasteiger partial charge on any atom is 0.476 e. The number of aromatic nitrogens is 1. The van der Waals surface area contributed by atoms with Gasteiger partial charge in [-0.2, -0.15) is 5.06 Å². The largest absolute Gasteiger partial charge is 0.476 e. The molecule has 172 valence electrons. The first kappa shape index (κ1) is 24.1. The third kappa shape index (κ3) is 6.65. The van der Waals surface area contributed by atoms with E-state index < -0.39 is 29.3 Å². The third-order valence-electron chi connectivity index (χ3n) is 4.44. The Hall–Kier alpha value is -3.19. The number of hydroxylamine groups is 2. The van der Waals surface area contributed by atoms with Gasteiger partial charge in [-0.15, -0.1) is 0 Å². The Kier molecular flexibility index (Phi) is 7.94. The molecule has 1 aliphatic heterocycles. The summed E-state index contributed by atoms with van der Waals surface area (Å²) in [6.07, 6.45) is 0.0187. The lowest BCUT2D eigenvalue weighted by atomic mass is 9.97. The second-order valence-corrected chi connectivity index (χ2v) is 8.09. The zero-order valence-electron chi connectivity index (χ0n) is 17.8. The molecule has 1 aliphatic rings. The number of anilines is 1. The van der Waals surface area contributed by atoms with Crippen molar-refractivity contribution in [1.29, 1.82) is 0 Å². The van der Waals surface area contributed by atoms with Crippen LogP contribution >= 0.6 is 0 Å². The molecule has 2 unspecified atom stereocenters. The molecule has 31 heavy (non-hydrogen) atoms. The van der Waals surface area contributed by atoms with Gasteiger partial charge in [0.25, 0.3) is 0 Å². The number of nitrogens with zero attached hydrogens (tertiary/aromatic N) is 4. The fourth-order valence-electron chi connectivity index (χ4n) is 3.16. The second-order valence-electron chi connectivity index (χ2n) is 8.09. The van der Waals surface area contributed by atoms with Gasteiger partial charge in [-0.05, 0) is 17.9 Å². The van der Waals surface area contributed by atoms with Crippen molar-refractivity contribution in [2.75, 3.05) is 31.7 Å². The monoisotopic (exact) mass is 441 g/mol. The van der Waals surface area contributed by atoms with E-state index in [9.17, 15) is 19.7 Å². The minimum Gasteiger partial charge on any atom is -0.374 e. The molecular formula is C18H27N5O8. The highest BCUT2D eigenvalue weighted by atomic mass is 17.2. The quantitative estimate of drug-likeness (QED) is 0.393. The molecule has 1 saturated heterocycles. The number of rotatable bonds is 6. The van der Waals surface area contributed by atoms with E-state index in [0.717, 1.165) is 5.06 Å². The van der Waals surface area contributed by atoms with Gasteiger partial charge in [-0.25, -0.2) is 19.4 Å².